The molecule has 7 nitrogen and oxygen atoms in total. The first-order valence-electron chi connectivity index (χ1n) is 10.0. The highest BCUT2D eigenvalue weighted by Gasteiger charge is 2.39. The number of carbonyl (C=O) groups excluding carboxylic acids is 1. The fourth-order valence-corrected chi connectivity index (χ4v) is 3.84. The van der Waals surface area contributed by atoms with Crippen molar-refractivity contribution in [2.75, 3.05) is 26.7 Å². The topological polar surface area (TPSA) is 72.3 Å². The van der Waals surface area contributed by atoms with Gasteiger partial charge in [-0.2, -0.15) is 18.3 Å². The predicted molar refractivity (Wildman–Crippen MR) is 109 cm³/mol. The number of halogens is 3. The van der Waals surface area contributed by atoms with Gasteiger partial charge < -0.3 is 15.0 Å². The summed E-state index contributed by atoms with van der Waals surface area (Å²) in [6.45, 7) is 6.42. The van der Waals surface area contributed by atoms with Crippen LogP contribution in [0.3, 0.4) is 0 Å². The van der Waals surface area contributed by atoms with E-state index < -0.39 is 23.0 Å². The van der Waals surface area contributed by atoms with Gasteiger partial charge >= 0.3 is 6.18 Å². The van der Waals surface area contributed by atoms with E-state index in [1.54, 1.807) is 18.5 Å². The first kappa shape index (κ1) is 23.1. The smallest absolute Gasteiger partial charge is 0.421 e. The monoisotopic (exact) mass is 439 g/mol. The first-order valence-corrected chi connectivity index (χ1v) is 10.0. The van der Waals surface area contributed by atoms with Crippen LogP contribution in [0.25, 0.3) is 0 Å². The standard InChI is InChI=1S/C21H28F3N5O2/c1-13-14(10-29(5)27-13)15-9-28(4)11-17(15)26-19(30)20(2,3)12-31-18-16(21(22,23)24)7-6-8-25-18/h6-8,10,15,17H,9,11-12H2,1-5H3,(H,26,30)/t15-,17+/m1/s1. The van der Waals surface area contributed by atoms with E-state index in [0.717, 1.165) is 23.9 Å². The van der Waals surface area contributed by atoms with E-state index in [2.05, 4.69) is 20.3 Å². The zero-order chi connectivity index (χ0) is 23.0. The molecule has 0 bridgehead atoms. The molecule has 1 aliphatic rings. The van der Waals surface area contributed by atoms with Crippen LogP contribution in [0.5, 0.6) is 5.88 Å². The molecular formula is C21H28F3N5O2. The number of aromatic nitrogens is 3. The highest BCUT2D eigenvalue weighted by atomic mass is 19.4. The highest BCUT2D eigenvalue weighted by molar-refractivity contribution is 5.82. The average Bonchev–Trinajstić information content (AvgIpc) is 3.20. The van der Waals surface area contributed by atoms with Gasteiger partial charge in [-0.3, -0.25) is 9.48 Å². The Bertz CT molecular complexity index is 941. The van der Waals surface area contributed by atoms with Crippen LogP contribution in [-0.2, 0) is 18.0 Å². The molecule has 10 heteroatoms. The number of carbonyl (C=O) groups is 1. The molecule has 3 heterocycles. The number of likely N-dealkylation sites (tertiary alicyclic amines) is 1. The fourth-order valence-electron chi connectivity index (χ4n) is 3.84. The lowest BCUT2D eigenvalue weighted by Gasteiger charge is -2.28. The van der Waals surface area contributed by atoms with Crippen molar-refractivity contribution in [1.82, 2.24) is 25.0 Å². The number of amides is 1. The number of likely N-dealkylation sites (N-methyl/N-ethyl adjacent to an activating group) is 1. The second kappa shape index (κ2) is 8.49. The van der Waals surface area contributed by atoms with Crippen molar-refractivity contribution in [3.8, 4) is 5.88 Å². The number of aryl methyl sites for hydroxylation is 2. The van der Waals surface area contributed by atoms with E-state index in [4.69, 9.17) is 4.74 Å². The van der Waals surface area contributed by atoms with Gasteiger partial charge in [-0.1, -0.05) is 0 Å². The fraction of sp³-hybridized carbons (Fsp3) is 0.571. The Labute approximate surface area is 179 Å². The van der Waals surface area contributed by atoms with Crippen molar-refractivity contribution in [3.63, 3.8) is 0 Å². The minimum absolute atomic E-state index is 0.0759. The molecule has 31 heavy (non-hydrogen) atoms. The van der Waals surface area contributed by atoms with E-state index in [0.29, 0.717) is 6.54 Å². The van der Waals surface area contributed by atoms with Gasteiger partial charge in [0.05, 0.1) is 11.1 Å². The number of nitrogens with zero attached hydrogens (tertiary/aromatic N) is 4. The van der Waals surface area contributed by atoms with Crippen LogP contribution in [0.1, 0.15) is 36.6 Å². The first-order chi connectivity index (χ1) is 14.4. The Hall–Kier alpha value is -2.62. The van der Waals surface area contributed by atoms with Crippen molar-refractivity contribution in [2.24, 2.45) is 12.5 Å². The van der Waals surface area contributed by atoms with Crippen LogP contribution in [0.15, 0.2) is 24.5 Å². The summed E-state index contributed by atoms with van der Waals surface area (Å²) in [7, 11) is 3.84. The number of alkyl halides is 3. The maximum Gasteiger partial charge on any atom is 0.421 e. The molecule has 3 rings (SSSR count). The summed E-state index contributed by atoms with van der Waals surface area (Å²) in [4.78, 5) is 18.9. The van der Waals surface area contributed by atoms with Crippen LogP contribution >= 0.6 is 0 Å². The van der Waals surface area contributed by atoms with Crippen LogP contribution in [-0.4, -0.2) is 58.4 Å². The second-order valence-electron chi connectivity index (χ2n) is 8.78. The normalized spacial score (nSPS) is 20.1. The summed E-state index contributed by atoms with van der Waals surface area (Å²) in [5.74, 6) is -0.740. The molecule has 0 spiro atoms. The molecule has 0 saturated carbocycles. The van der Waals surface area contributed by atoms with E-state index in [1.165, 1.54) is 12.3 Å². The second-order valence-corrected chi connectivity index (χ2v) is 8.78. The van der Waals surface area contributed by atoms with Crippen LogP contribution < -0.4 is 10.1 Å². The summed E-state index contributed by atoms with van der Waals surface area (Å²) in [5, 5.41) is 7.48. The zero-order valence-electron chi connectivity index (χ0n) is 18.3. The molecule has 1 fully saturated rings. The number of hydrogen-bond acceptors (Lipinski definition) is 5. The van der Waals surface area contributed by atoms with Gasteiger partial charge in [-0.25, -0.2) is 4.98 Å². The van der Waals surface area contributed by atoms with Gasteiger partial charge in [0.25, 0.3) is 0 Å². The molecule has 2 atom stereocenters. The van der Waals surface area contributed by atoms with Crippen LogP contribution in [0.2, 0.25) is 0 Å². The SMILES string of the molecule is Cc1nn(C)cc1[C@H]1CN(C)C[C@@H]1NC(=O)C(C)(C)COc1ncccc1C(F)(F)F. The summed E-state index contributed by atoms with van der Waals surface area (Å²) in [6.07, 6.45) is -1.39. The van der Waals surface area contributed by atoms with E-state index >= 15 is 0 Å². The van der Waals surface area contributed by atoms with Crippen molar-refractivity contribution in [1.29, 1.82) is 0 Å². The van der Waals surface area contributed by atoms with E-state index in [-0.39, 0.29) is 24.5 Å². The molecular weight excluding hydrogens is 411 g/mol. The summed E-state index contributed by atoms with van der Waals surface area (Å²) < 4.78 is 46.6. The third kappa shape index (κ3) is 5.17. The quantitative estimate of drug-likeness (QED) is 0.750. The minimum Gasteiger partial charge on any atom is -0.476 e. The van der Waals surface area contributed by atoms with Gasteiger partial charge in [-0.05, 0) is 45.5 Å². The van der Waals surface area contributed by atoms with Crippen LogP contribution in [0.4, 0.5) is 13.2 Å². The Morgan fingerprint density at radius 3 is 2.61 bits per heavy atom. The number of ether oxygens (including phenoxy) is 1. The van der Waals surface area contributed by atoms with E-state index in [1.807, 2.05) is 27.2 Å². The Kier molecular flexibility index (Phi) is 6.31. The molecule has 1 amide bonds. The summed E-state index contributed by atoms with van der Waals surface area (Å²) in [6, 6.07) is 1.97. The van der Waals surface area contributed by atoms with Gasteiger partial charge in [0, 0.05) is 44.5 Å². The molecule has 0 radical (unpaired) electrons. The van der Waals surface area contributed by atoms with Gasteiger partial charge in [0.1, 0.15) is 12.2 Å². The van der Waals surface area contributed by atoms with Gasteiger partial charge in [0.2, 0.25) is 11.8 Å². The van der Waals surface area contributed by atoms with Crippen LogP contribution in [0, 0.1) is 12.3 Å². The molecule has 1 saturated heterocycles. The maximum absolute atomic E-state index is 13.2. The molecule has 0 aliphatic carbocycles. The molecule has 0 unspecified atom stereocenters. The van der Waals surface area contributed by atoms with Crippen molar-refractivity contribution < 1.29 is 22.7 Å². The van der Waals surface area contributed by atoms with Crippen molar-refractivity contribution in [3.05, 3.63) is 41.3 Å². The molecule has 170 valence electrons. The Morgan fingerprint density at radius 1 is 1.29 bits per heavy atom. The minimum atomic E-state index is -4.58. The number of nitrogens with one attached hydrogen (secondary N) is 1. The molecule has 1 N–H and O–H groups in total. The largest absolute Gasteiger partial charge is 0.476 e. The molecule has 1 aliphatic heterocycles. The summed E-state index contributed by atoms with van der Waals surface area (Å²) >= 11 is 0. The molecule has 2 aromatic heterocycles. The highest BCUT2D eigenvalue weighted by Crippen LogP contribution is 2.35. The number of rotatable bonds is 6. The van der Waals surface area contributed by atoms with Crippen molar-refractivity contribution >= 4 is 5.91 Å². The zero-order valence-corrected chi connectivity index (χ0v) is 18.3. The Balaban J connectivity index is 1.70. The molecule has 2 aromatic rings. The average molecular weight is 439 g/mol. The summed E-state index contributed by atoms with van der Waals surface area (Å²) in [5.41, 5.74) is -0.0273. The van der Waals surface area contributed by atoms with E-state index in [9.17, 15) is 18.0 Å². The lowest BCUT2D eigenvalue weighted by molar-refractivity contribution is -0.139. The molecule has 0 aromatic carbocycles. The number of pyridine rings is 1. The van der Waals surface area contributed by atoms with Gasteiger partial charge in [0.15, 0.2) is 0 Å². The predicted octanol–water partition coefficient (Wildman–Crippen LogP) is 2.76. The van der Waals surface area contributed by atoms with Gasteiger partial charge in [-0.15, -0.1) is 0 Å². The van der Waals surface area contributed by atoms with Crippen molar-refractivity contribution in [2.45, 2.75) is 38.9 Å². The maximum atomic E-state index is 13.2. The number of hydrogen-bond donors (Lipinski definition) is 1. The lowest BCUT2D eigenvalue weighted by Crippen LogP contribution is -2.48. The third-order valence-electron chi connectivity index (χ3n) is 5.53. The third-order valence-corrected chi connectivity index (χ3v) is 5.53. The Morgan fingerprint density at radius 2 is 2.00 bits per heavy atom. The lowest BCUT2D eigenvalue weighted by atomic mass is 9.90.